The summed E-state index contributed by atoms with van der Waals surface area (Å²) < 4.78 is 7.55. The number of amides is 3. The molecular formula is C31H27Cl2N5O4. The predicted octanol–water partition coefficient (Wildman–Crippen LogP) is 5.97. The van der Waals surface area contributed by atoms with Crippen molar-refractivity contribution in [2.75, 3.05) is 24.4 Å². The van der Waals surface area contributed by atoms with Gasteiger partial charge in [0.15, 0.2) is 11.2 Å². The van der Waals surface area contributed by atoms with Crippen molar-refractivity contribution in [2.45, 2.75) is 32.4 Å². The molecule has 0 saturated heterocycles. The van der Waals surface area contributed by atoms with E-state index in [1.165, 1.54) is 12.0 Å². The van der Waals surface area contributed by atoms with E-state index in [-0.39, 0.29) is 17.6 Å². The van der Waals surface area contributed by atoms with E-state index in [1.807, 2.05) is 31.4 Å². The van der Waals surface area contributed by atoms with Crippen LogP contribution >= 0.6 is 23.2 Å². The number of methoxy groups -OCH3 is 1. The first-order valence-corrected chi connectivity index (χ1v) is 14.1. The van der Waals surface area contributed by atoms with Gasteiger partial charge < -0.3 is 19.9 Å². The summed E-state index contributed by atoms with van der Waals surface area (Å²) in [5.41, 5.74) is 2.09. The van der Waals surface area contributed by atoms with Gasteiger partial charge in [0.25, 0.3) is 17.7 Å². The molecule has 0 aliphatic carbocycles. The fraction of sp³-hybridized carbons (Fsp3) is 0.226. The van der Waals surface area contributed by atoms with E-state index in [9.17, 15) is 14.4 Å². The molecule has 11 heteroatoms. The van der Waals surface area contributed by atoms with Crippen molar-refractivity contribution >= 4 is 52.3 Å². The van der Waals surface area contributed by atoms with Gasteiger partial charge >= 0.3 is 0 Å². The lowest BCUT2D eigenvalue weighted by molar-refractivity contribution is -0.119. The minimum absolute atomic E-state index is 0.114. The van der Waals surface area contributed by atoms with Crippen LogP contribution in [0, 0.1) is 6.92 Å². The standard InChI is InChI=1S/C31H27Cl2N5O4/c1-15(2)37-26-25(36-27(37)20-12-17(28(39)34-4)7-11-24(20)42-5)29(40)38(23-14-19(33)8-6-16(23)3)31(26)21-10-9-18(32)13-22(21)35-30(31)41/h6-15H,1-5H3,(H,34,39)(H,35,41). The first-order valence-electron chi connectivity index (χ1n) is 13.3. The quantitative estimate of drug-likeness (QED) is 0.292. The third-order valence-electron chi connectivity index (χ3n) is 7.80. The third kappa shape index (κ3) is 3.77. The number of nitrogens with one attached hydrogen (secondary N) is 2. The molecule has 2 aliphatic heterocycles. The number of benzene rings is 3. The Morgan fingerprint density at radius 1 is 1.05 bits per heavy atom. The highest BCUT2D eigenvalue weighted by atomic mass is 35.5. The molecule has 9 nitrogen and oxygen atoms in total. The highest BCUT2D eigenvalue weighted by Crippen LogP contribution is 2.55. The maximum Gasteiger partial charge on any atom is 0.280 e. The minimum Gasteiger partial charge on any atom is -0.496 e. The number of aryl methyl sites for hydroxylation is 1. The number of anilines is 2. The van der Waals surface area contributed by atoms with E-state index in [0.717, 1.165) is 5.56 Å². The van der Waals surface area contributed by atoms with Crippen LogP contribution in [-0.2, 0) is 10.3 Å². The van der Waals surface area contributed by atoms with Crippen LogP contribution in [0.25, 0.3) is 11.4 Å². The number of nitrogens with zero attached hydrogens (tertiary/aromatic N) is 3. The summed E-state index contributed by atoms with van der Waals surface area (Å²) in [6.45, 7) is 5.75. The normalized spacial score (nSPS) is 17.1. The Morgan fingerprint density at radius 3 is 2.45 bits per heavy atom. The van der Waals surface area contributed by atoms with Crippen molar-refractivity contribution in [3.63, 3.8) is 0 Å². The Bertz CT molecular complexity index is 1830. The highest BCUT2D eigenvalue weighted by Gasteiger charge is 2.64. The van der Waals surface area contributed by atoms with Gasteiger partial charge in [-0.1, -0.05) is 35.3 Å². The molecule has 1 spiro atoms. The Labute approximate surface area is 252 Å². The number of hydrogen-bond donors (Lipinski definition) is 2. The lowest BCUT2D eigenvalue weighted by Gasteiger charge is -2.36. The third-order valence-corrected chi connectivity index (χ3v) is 8.27. The van der Waals surface area contributed by atoms with Crippen molar-refractivity contribution in [1.82, 2.24) is 14.9 Å². The number of aromatic nitrogens is 2. The van der Waals surface area contributed by atoms with Gasteiger partial charge in [0, 0.05) is 39.9 Å². The van der Waals surface area contributed by atoms with E-state index in [1.54, 1.807) is 55.6 Å². The molecule has 1 atom stereocenters. The number of rotatable bonds is 5. The first-order chi connectivity index (χ1) is 20.0. The zero-order valence-corrected chi connectivity index (χ0v) is 25.0. The van der Waals surface area contributed by atoms with Gasteiger partial charge in [0.05, 0.1) is 24.1 Å². The van der Waals surface area contributed by atoms with Gasteiger partial charge in [-0.2, -0.15) is 0 Å². The molecule has 1 unspecified atom stereocenters. The highest BCUT2D eigenvalue weighted by molar-refractivity contribution is 6.32. The molecule has 0 saturated carbocycles. The molecule has 1 aromatic heterocycles. The van der Waals surface area contributed by atoms with Crippen LogP contribution in [0.5, 0.6) is 5.75 Å². The van der Waals surface area contributed by atoms with Gasteiger partial charge in [-0.15, -0.1) is 0 Å². The van der Waals surface area contributed by atoms with Gasteiger partial charge in [0.1, 0.15) is 11.6 Å². The smallest absolute Gasteiger partial charge is 0.280 e. The molecule has 42 heavy (non-hydrogen) atoms. The summed E-state index contributed by atoms with van der Waals surface area (Å²) in [7, 11) is 3.07. The van der Waals surface area contributed by atoms with Crippen LogP contribution in [0.2, 0.25) is 10.0 Å². The second kappa shape index (κ2) is 9.89. The molecule has 214 valence electrons. The van der Waals surface area contributed by atoms with E-state index in [4.69, 9.17) is 32.9 Å². The lowest BCUT2D eigenvalue weighted by atomic mass is 9.86. The molecule has 2 N–H and O–H groups in total. The average molecular weight is 604 g/mol. The largest absolute Gasteiger partial charge is 0.496 e. The average Bonchev–Trinajstić information content (AvgIpc) is 3.57. The fourth-order valence-corrected chi connectivity index (χ4v) is 6.33. The zero-order valence-electron chi connectivity index (χ0n) is 23.5. The Hall–Kier alpha value is -4.34. The lowest BCUT2D eigenvalue weighted by Crippen LogP contribution is -2.51. The molecule has 2 aliphatic rings. The molecule has 0 radical (unpaired) electrons. The monoisotopic (exact) mass is 603 g/mol. The first kappa shape index (κ1) is 27.8. The van der Waals surface area contributed by atoms with Gasteiger partial charge in [-0.25, -0.2) is 4.98 Å². The number of halogens is 2. The Morgan fingerprint density at radius 2 is 1.76 bits per heavy atom. The van der Waals surface area contributed by atoms with Crippen molar-refractivity contribution < 1.29 is 19.1 Å². The number of fused-ring (bicyclic) bond motifs is 4. The SMILES string of the molecule is CNC(=O)c1ccc(OC)c(-c2nc3c(n2C(C)C)C2(C(=O)Nc4cc(Cl)ccc42)N(c2cc(Cl)ccc2C)C3=O)c1. The number of imidazole rings is 1. The van der Waals surface area contributed by atoms with Crippen LogP contribution in [-0.4, -0.2) is 41.4 Å². The molecule has 0 fully saturated rings. The summed E-state index contributed by atoms with van der Waals surface area (Å²) in [5, 5.41) is 6.46. The van der Waals surface area contributed by atoms with Crippen LogP contribution in [0.15, 0.2) is 54.6 Å². The number of ether oxygens (including phenoxy) is 1. The van der Waals surface area contributed by atoms with Crippen LogP contribution in [0.4, 0.5) is 11.4 Å². The van der Waals surface area contributed by atoms with Crippen LogP contribution < -0.4 is 20.3 Å². The molecule has 0 bridgehead atoms. The van der Waals surface area contributed by atoms with Crippen molar-refractivity contribution in [3.8, 4) is 17.1 Å². The number of hydrogen-bond acceptors (Lipinski definition) is 5. The predicted molar refractivity (Wildman–Crippen MR) is 162 cm³/mol. The van der Waals surface area contributed by atoms with E-state index in [0.29, 0.717) is 55.4 Å². The maximum absolute atomic E-state index is 14.5. The molecule has 6 rings (SSSR count). The summed E-state index contributed by atoms with van der Waals surface area (Å²) in [5.74, 6) is -0.324. The van der Waals surface area contributed by atoms with Crippen molar-refractivity contribution in [2.24, 2.45) is 0 Å². The molecular weight excluding hydrogens is 577 g/mol. The van der Waals surface area contributed by atoms with E-state index in [2.05, 4.69) is 10.6 Å². The maximum atomic E-state index is 14.5. The molecule has 3 amide bonds. The minimum atomic E-state index is -1.62. The molecule has 4 aromatic rings. The Balaban J connectivity index is 1.73. The fourth-order valence-electron chi connectivity index (χ4n) is 5.99. The second-order valence-electron chi connectivity index (χ2n) is 10.5. The van der Waals surface area contributed by atoms with E-state index < -0.39 is 17.4 Å². The summed E-state index contributed by atoms with van der Waals surface area (Å²) in [4.78, 5) is 47.9. The van der Waals surface area contributed by atoms with Gasteiger partial charge in [-0.3, -0.25) is 19.3 Å². The topological polar surface area (TPSA) is 106 Å². The number of carbonyl (C=O) groups is 3. The van der Waals surface area contributed by atoms with Crippen molar-refractivity contribution in [1.29, 1.82) is 0 Å². The second-order valence-corrected chi connectivity index (χ2v) is 11.4. The molecule has 3 heterocycles. The van der Waals surface area contributed by atoms with Gasteiger partial charge in [-0.05, 0) is 68.8 Å². The summed E-state index contributed by atoms with van der Waals surface area (Å²) in [6, 6.07) is 15.1. The number of carbonyl (C=O) groups excluding carboxylic acids is 3. The van der Waals surface area contributed by atoms with E-state index >= 15 is 0 Å². The Kier molecular flexibility index (Phi) is 6.55. The zero-order chi connectivity index (χ0) is 30.1. The van der Waals surface area contributed by atoms with Crippen LogP contribution in [0.1, 0.15) is 57.6 Å². The van der Waals surface area contributed by atoms with Crippen molar-refractivity contribution in [3.05, 3.63) is 92.7 Å². The van der Waals surface area contributed by atoms with Gasteiger partial charge in [0.2, 0.25) is 0 Å². The summed E-state index contributed by atoms with van der Waals surface area (Å²) >= 11 is 12.8. The summed E-state index contributed by atoms with van der Waals surface area (Å²) in [6.07, 6.45) is 0. The van der Waals surface area contributed by atoms with Crippen LogP contribution in [0.3, 0.4) is 0 Å². The molecule has 3 aromatic carbocycles.